The van der Waals surface area contributed by atoms with E-state index in [4.69, 9.17) is 9.47 Å². The summed E-state index contributed by atoms with van der Waals surface area (Å²) in [4.78, 5) is 4.65. The molecule has 3 aliphatic rings. The summed E-state index contributed by atoms with van der Waals surface area (Å²) in [5, 5.41) is 7.57. The first-order valence-corrected chi connectivity index (χ1v) is 20.6. The standard InChI is InChI=1S/C53H34N2O2S/c1-53(2)40-24-23-37-38-27-31-19-21-36(55-44-13-5-9-17-48(44)57-49-18-10-6-14-45(49)55)26-34(31)30-50(38)58-52(37)51(40)39-28-32-20-22-35(25-33(32)29-41(39)53)54-42-11-3-7-15-46(42)56-47-16-8-4-12-43(47)54/h3-30H,1-2H3. The molecule has 13 rings (SSSR count). The fraction of sp³-hybridized carbons (Fsp3) is 0.0566. The molecule has 0 N–H and O–H groups in total. The molecule has 0 fully saturated rings. The molecule has 1 aromatic heterocycles. The summed E-state index contributed by atoms with van der Waals surface area (Å²) < 4.78 is 15.3. The Morgan fingerprint density at radius 3 is 1.48 bits per heavy atom. The van der Waals surface area contributed by atoms with E-state index in [0.29, 0.717) is 0 Å². The number of ether oxygens (including phenoxy) is 2. The second kappa shape index (κ2) is 11.5. The second-order valence-corrected chi connectivity index (χ2v) is 17.2. The van der Waals surface area contributed by atoms with E-state index in [1.807, 2.05) is 59.9 Å². The van der Waals surface area contributed by atoms with Crippen LogP contribution in [0.3, 0.4) is 0 Å². The Morgan fingerprint density at radius 2 is 0.931 bits per heavy atom. The van der Waals surface area contributed by atoms with Crippen LogP contribution in [0.15, 0.2) is 170 Å². The third-order valence-corrected chi connectivity index (χ3v) is 13.7. The number of para-hydroxylation sites is 8. The van der Waals surface area contributed by atoms with Crippen LogP contribution in [0, 0.1) is 0 Å². The molecule has 0 bridgehead atoms. The topological polar surface area (TPSA) is 24.9 Å². The Kier molecular flexibility index (Phi) is 6.36. The molecule has 3 heterocycles. The fourth-order valence-corrected chi connectivity index (χ4v) is 11.1. The molecule has 0 amide bonds. The fourth-order valence-electron chi connectivity index (χ4n) is 9.76. The zero-order valence-electron chi connectivity index (χ0n) is 31.8. The van der Waals surface area contributed by atoms with Crippen LogP contribution in [0.25, 0.3) is 52.8 Å². The van der Waals surface area contributed by atoms with Gasteiger partial charge in [-0.05, 0) is 135 Å². The molecule has 0 saturated carbocycles. The molecule has 0 atom stereocenters. The van der Waals surface area contributed by atoms with Crippen LogP contribution < -0.4 is 19.3 Å². The third kappa shape index (κ3) is 4.39. The maximum atomic E-state index is 6.33. The van der Waals surface area contributed by atoms with E-state index in [1.54, 1.807) is 0 Å². The lowest BCUT2D eigenvalue weighted by Gasteiger charge is -2.33. The maximum absolute atomic E-state index is 6.33. The van der Waals surface area contributed by atoms with Crippen LogP contribution in [-0.2, 0) is 5.41 Å². The van der Waals surface area contributed by atoms with Crippen LogP contribution in [-0.4, -0.2) is 0 Å². The summed E-state index contributed by atoms with van der Waals surface area (Å²) in [5.74, 6) is 3.45. The molecule has 1 aliphatic carbocycles. The molecule has 9 aromatic carbocycles. The highest BCUT2D eigenvalue weighted by atomic mass is 32.1. The monoisotopic (exact) mass is 762 g/mol. The summed E-state index contributed by atoms with van der Waals surface area (Å²) in [6, 6.07) is 61.3. The van der Waals surface area contributed by atoms with E-state index in [2.05, 4.69) is 145 Å². The van der Waals surface area contributed by atoms with Gasteiger partial charge >= 0.3 is 0 Å². The number of rotatable bonds is 2. The zero-order valence-corrected chi connectivity index (χ0v) is 32.6. The van der Waals surface area contributed by atoms with Crippen molar-refractivity contribution in [2.75, 3.05) is 9.80 Å². The van der Waals surface area contributed by atoms with Gasteiger partial charge < -0.3 is 19.3 Å². The summed E-state index contributed by atoms with van der Waals surface area (Å²) in [6.07, 6.45) is 0. The summed E-state index contributed by atoms with van der Waals surface area (Å²) >= 11 is 1.93. The van der Waals surface area contributed by atoms with Crippen LogP contribution in [0.1, 0.15) is 25.0 Å². The number of hydrogen-bond acceptors (Lipinski definition) is 5. The molecular formula is C53H34N2O2S. The van der Waals surface area contributed by atoms with Gasteiger partial charge in [0.15, 0.2) is 23.0 Å². The minimum atomic E-state index is -0.151. The van der Waals surface area contributed by atoms with E-state index in [0.717, 1.165) is 57.1 Å². The SMILES string of the molecule is CC1(C)c2cc3cc(N4c5ccccc5Oc5ccccc54)ccc3cc2-c2c1ccc1c2sc2cc3cc(N4c5ccccc5Oc5ccccc54)ccc3cc21. The van der Waals surface area contributed by atoms with Gasteiger partial charge in [0.05, 0.1) is 22.7 Å². The summed E-state index contributed by atoms with van der Waals surface area (Å²) in [7, 11) is 0. The third-order valence-electron chi connectivity index (χ3n) is 12.5. The van der Waals surface area contributed by atoms with Gasteiger partial charge in [0.25, 0.3) is 0 Å². The summed E-state index contributed by atoms with van der Waals surface area (Å²) in [5.41, 5.74) is 11.7. The lowest BCUT2D eigenvalue weighted by Crippen LogP contribution is -2.16. The highest BCUT2D eigenvalue weighted by Crippen LogP contribution is 2.56. The first kappa shape index (κ1) is 32.1. The van der Waals surface area contributed by atoms with Crippen molar-refractivity contribution in [3.8, 4) is 34.1 Å². The summed E-state index contributed by atoms with van der Waals surface area (Å²) in [6.45, 7) is 4.78. The van der Waals surface area contributed by atoms with E-state index in [1.165, 1.54) is 64.0 Å². The molecule has 0 spiro atoms. The van der Waals surface area contributed by atoms with Gasteiger partial charge in [-0.3, -0.25) is 0 Å². The molecule has 2 aliphatic heterocycles. The highest BCUT2D eigenvalue weighted by Gasteiger charge is 2.38. The predicted octanol–water partition coefficient (Wildman–Crippen LogP) is 15.8. The number of fused-ring (bicyclic) bond motifs is 13. The van der Waals surface area contributed by atoms with Gasteiger partial charge in [-0.25, -0.2) is 0 Å². The molecule has 10 aromatic rings. The van der Waals surface area contributed by atoms with Crippen molar-refractivity contribution in [3.63, 3.8) is 0 Å². The van der Waals surface area contributed by atoms with Gasteiger partial charge in [-0.2, -0.15) is 0 Å². The molecule has 0 saturated heterocycles. The van der Waals surface area contributed by atoms with Crippen LogP contribution >= 0.6 is 11.3 Å². The van der Waals surface area contributed by atoms with Crippen molar-refractivity contribution in [2.45, 2.75) is 19.3 Å². The molecule has 5 heteroatoms. The lowest BCUT2D eigenvalue weighted by molar-refractivity contribution is 0.477. The van der Waals surface area contributed by atoms with E-state index >= 15 is 0 Å². The van der Waals surface area contributed by atoms with E-state index in [-0.39, 0.29) is 5.41 Å². The predicted molar refractivity (Wildman–Crippen MR) is 241 cm³/mol. The van der Waals surface area contributed by atoms with Gasteiger partial charge in [-0.15, -0.1) is 11.3 Å². The van der Waals surface area contributed by atoms with Crippen molar-refractivity contribution >= 4 is 87.2 Å². The van der Waals surface area contributed by atoms with Crippen LogP contribution in [0.4, 0.5) is 34.1 Å². The van der Waals surface area contributed by atoms with Gasteiger partial charge in [0, 0.05) is 42.5 Å². The van der Waals surface area contributed by atoms with Gasteiger partial charge in [0.1, 0.15) is 0 Å². The van der Waals surface area contributed by atoms with Crippen molar-refractivity contribution < 1.29 is 9.47 Å². The number of hydrogen-bond donors (Lipinski definition) is 0. The number of nitrogens with zero attached hydrogens (tertiary/aromatic N) is 2. The molecule has 274 valence electrons. The molecule has 0 unspecified atom stereocenters. The second-order valence-electron chi connectivity index (χ2n) is 16.1. The Hall–Kier alpha value is -7.08. The normalized spacial score (nSPS) is 14.4. The van der Waals surface area contributed by atoms with Crippen molar-refractivity contribution in [3.05, 3.63) is 181 Å². The average Bonchev–Trinajstić information content (AvgIpc) is 3.73. The quantitative estimate of drug-likeness (QED) is 0.175. The zero-order chi connectivity index (χ0) is 38.3. The highest BCUT2D eigenvalue weighted by molar-refractivity contribution is 7.26. The first-order valence-electron chi connectivity index (χ1n) is 19.8. The largest absolute Gasteiger partial charge is 0.453 e. The average molecular weight is 763 g/mol. The smallest absolute Gasteiger partial charge is 0.151 e. The van der Waals surface area contributed by atoms with Crippen molar-refractivity contribution in [2.24, 2.45) is 0 Å². The maximum Gasteiger partial charge on any atom is 0.151 e. The lowest BCUT2D eigenvalue weighted by atomic mass is 9.81. The van der Waals surface area contributed by atoms with Crippen molar-refractivity contribution in [1.29, 1.82) is 0 Å². The van der Waals surface area contributed by atoms with Gasteiger partial charge in [-0.1, -0.05) is 86.6 Å². The Balaban J connectivity index is 0.948. The Bertz CT molecular complexity index is 3330. The van der Waals surface area contributed by atoms with Crippen molar-refractivity contribution in [1.82, 2.24) is 0 Å². The van der Waals surface area contributed by atoms with Crippen LogP contribution in [0.2, 0.25) is 0 Å². The molecule has 58 heavy (non-hydrogen) atoms. The number of thiophene rings is 1. The minimum Gasteiger partial charge on any atom is -0.453 e. The van der Waals surface area contributed by atoms with E-state index in [9.17, 15) is 0 Å². The molecule has 0 radical (unpaired) electrons. The van der Waals surface area contributed by atoms with Crippen LogP contribution in [0.5, 0.6) is 23.0 Å². The first-order chi connectivity index (χ1) is 28.5. The molecular weight excluding hydrogens is 729 g/mol. The van der Waals surface area contributed by atoms with Gasteiger partial charge in [0.2, 0.25) is 0 Å². The Morgan fingerprint density at radius 1 is 0.431 bits per heavy atom. The number of anilines is 6. The number of benzene rings is 9. The molecule has 4 nitrogen and oxygen atoms in total. The minimum absolute atomic E-state index is 0.151. The Labute approximate surface area is 339 Å². The van der Waals surface area contributed by atoms with E-state index < -0.39 is 0 Å².